The second kappa shape index (κ2) is 1.58. The third-order valence-electron chi connectivity index (χ3n) is 0.891. The van der Waals surface area contributed by atoms with E-state index in [9.17, 15) is 4.79 Å². The van der Waals surface area contributed by atoms with Crippen molar-refractivity contribution in [2.75, 3.05) is 6.54 Å². The molecule has 0 aromatic carbocycles. The summed E-state index contributed by atoms with van der Waals surface area (Å²) >= 11 is 4.63. The Bertz CT molecular complexity index is 107. The minimum absolute atomic E-state index is 0.0602. The van der Waals surface area contributed by atoms with Crippen LogP contribution in [0.2, 0.25) is 0 Å². The van der Waals surface area contributed by atoms with Gasteiger partial charge in [0.2, 0.25) is 0 Å². The van der Waals surface area contributed by atoms with Crippen molar-refractivity contribution in [2.45, 2.75) is 6.42 Å². The minimum atomic E-state index is -0.0602. The molecule has 0 aliphatic carbocycles. The SMILES string of the molecule is O=C1NCCC1=S. The largest absolute Gasteiger partial charge is 0.351 e. The van der Waals surface area contributed by atoms with E-state index in [2.05, 4.69) is 17.5 Å². The molecule has 0 radical (unpaired) electrons. The standard InChI is InChI=1S/C4H5NOS/c6-4-3(7)1-2-5-4/h1-2H2,(H,5,6). The van der Waals surface area contributed by atoms with Crippen molar-refractivity contribution in [1.82, 2.24) is 5.32 Å². The Hall–Kier alpha value is -0.440. The van der Waals surface area contributed by atoms with E-state index < -0.39 is 0 Å². The van der Waals surface area contributed by atoms with Crippen LogP contribution >= 0.6 is 12.2 Å². The first-order chi connectivity index (χ1) is 3.30. The number of carbonyl (C=O) groups is 1. The van der Waals surface area contributed by atoms with E-state index in [0.29, 0.717) is 4.86 Å². The zero-order valence-corrected chi connectivity index (χ0v) is 4.55. The highest BCUT2D eigenvalue weighted by molar-refractivity contribution is 7.82. The van der Waals surface area contributed by atoms with Gasteiger partial charge < -0.3 is 5.32 Å². The maximum Gasteiger partial charge on any atom is 0.258 e. The fraction of sp³-hybridized carbons (Fsp3) is 0.500. The van der Waals surface area contributed by atoms with Crippen LogP contribution in [0.3, 0.4) is 0 Å². The Morgan fingerprint density at radius 1 is 1.71 bits per heavy atom. The lowest BCUT2D eigenvalue weighted by atomic mass is 10.4. The molecule has 38 valence electrons. The summed E-state index contributed by atoms with van der Waals surface area (Å²) in [5, 5.41) is 2.59. The molecule has 0 atom stereocenters. The summed E-state index contributed by atoms with van der Waals surface area (Å²) in [6.07, 6.45) is 0.744. The summed E-state index contributed by atoms with van der Waals surface area (Å²) in [7, 11) is 0. The molecule has 1 rings (SSSR count). The quantitative estimate of drug-likeness (QED) is 0.446. The van der Waals surface area contributed by atoms with Crippen molar-refractivity contribution >= 4 is 23.0 Å². The summed E-state index contributed by atoms with van der Waals surface area (Å²) in [5.41, 5.74) is 0. The predicted molar refractivity (Wildman–Crippen MR) is 30.2 cm³/mol. The number of thiocarbonyl (C=S) groups is 1. The molecule has 0 aromatic rings. The number of hydrogen-bond acceptors (Lipinski definition) is 2. The minimum Gasteiger partial charge on any atom is -0.351 e. The molecule has 7 heavy (non-hydrogen) atoms. The first-order valence-electron chi connectivity index (χ1n) is 2.12. The van der Waals surface area contributed by atoms with Gasteiger partial charge in [-0.25, -0.2) is 0 Å². The van der Waals surface area contributed by atoms with Gasteiger partial charge >= 0.3 is 0 Å². The van der Waals surface area contributed by atoms with Gasteiger partial charge in [-0.1, -0.05) is 12.2 Å². The van der Waals surface area contributed by atoms with E-state index >= 15 is 0 Å². The van der Waals surface area contributed by atoms with Gasteiger partial charge in [0, 0.05) is 13.0 Å². The topological polar surface area (TPSA) is 29.1 Å². The van der Waals surface area contributed by atoms with Crippen molar-refractivity contribution in [3.05, 3.63) is 0 Å². The molecule has 1 fully saturated rings. The van der Waals surface area contributed by atoms with Gasteiger partial charge in [-0.2, -0.15) is 0 Å². The lowest BCUT2D eigenvalue weighted by Crippen LogP contribution is -2.17. The van der Waals surface area contributed by atoms with Crippen molar-refractivity contribution in [3.8, 4) is 0 Å². The lowest BCUT2D eigenvalue weighted by molar-refractivity contribution is -0.113. The first kappa shape index (κ1) is 4.71. The third-order valence-corrected chi connectivity index (χ3v) is 1.28. The molecule has 1 aliphatic rings. The number of amides is 1. The van der Waals surface area contributed by atoms with Crippen LogP contribution in [0, 0.1) is 0 Å². The first-order valence-corrected chi connectivity index (χ1v) is 2.52. The van der Waals surface area contributed by atoms with Crippen LogP contribution in [0.4, 0.5) is 0 Å². The molecule has 2 nitrogen and oxygen atoms in total. The third kappa shape index (κ3) is 0.771. The predicted octanol–water partition coefficient (Wildman–Crippen LogP) is -0.124. The highest BCUT2D eigenvalue weighted by Crippen LogP contribution is 1.92. The number of rotatable bonds is 0. The average molecular weight is 115 g/mol. The number of nitrogens with one attached hydrogen (secondary N) is 1. The van der Waals surface area contributed by atoms with Gasteiger partial charge in [-0.3, -0.25) is 4.79 Å². The van der Waals surface area contributed by atoms with Crippen molar-refractivity contribution in [3.63, 3.8) is 0 Å². The summed E-state index contributed by atoms with van der Waals surface area (Å²) < 4.78 is 0. The lowest BCUT2D eigenvalue weighted by Gasteiger charge is -1.80. The maximum absolute atomic E-state index is 10.3. The smallest absolute Gasteiger partial charge is 0.258 e. The fourth-order valence-corrected chi connectivity index (χ4v) is 0.676. The number of hydrogen-bond donors (Lipinski definition) is 1. The zero-order valence-electron chi connectivity index (χ0n) is 3.73. The summed E-state index contributed by atoms with van der Waals surface area (Å²) in [4.78, 5) is 10.9. The second-order valence-corrected chi connectivity index (χ2v) is 1.92. The van der Waals surface area contributed by atoms with Crippen LogP contribution in [-0.4, -0.2) is 17.3 Å². The molecule has 0 saturated carbocycles. The van der Waals surface area contributed by atoms with E-state index in [-0.39, 0.29) is 5.91 Å². The second-order valence-electron chi connectivity index (χ2n) is 1.43. The molecular formula is C4H5NOS. The summed E-state index contributed by atoms with van der Waals surface area (Å²) in [6, 6.07) is 0. The molecule has 1 saturated heterocycles. The number of carbonyl (C=O) groups excluding carboxylic acids is 1. The Morgan fingerprint density at radius 3 is 2.57 bits per heavy atom. The van der Waals surface area contributed by atoms with Gasteiger partial charge in [0.15, 0.2) is 0 Å². The molecule has 0 aromatic heterocycles. The fourth-order valence-electron chi connectivity index (χ4n) is 0.502. The van der Waals surface area contributed by atoms with Gasteiger partial charge in [0.25, 0.3) is 5.91 Å². The molecule has 1 amide bonds. The van der Waals surface area contributed by atoms with E-state index in [1.165, 1.54) is 0 Å². The molecular weight excluding hydrogens is 110 g/mol. The molecule has 0 spiro atoms. The summed E-state index contributed by atoms with van der Waals surface area (Å²) in [6.45, 7) is 0.734. The van der Waals surface area contributed by atoms with Crippen LogP contribution in [0.15, 0.2) is 0 Å². The Morgan fingerprint density at radius 2 is 2.43 bits per heavy atom. The highest BCUT2D eigenvalue weighted by Gasteiger charge is 2.13. The van der Waals surface area contributed by atoms with E-state index in [0.717, 1.165) is 13.0 Å². The van der Waals surface area contributed by atoms with Crippen LogP contribution in [0.25, 0.3) is 0 Å². The molecule has 1 heterocycles. The Kier molecular flexibility index (Phi) is 1.06. The molecule has 1 aliphatic heterocycles. The van der Waals surface area contributed by atoms with E-state index in [1.807, 2.05) is 0 Å². The van der Waals surface area contributed by atoms with Gasteiger partial charge in [0.05, 0.1) is 4.86 Å². The summed E-state index contributed by atoms with van der Waals surface area (Å²) in [5.74, 6) is -0.0602. The van der Waals surface area contributed by atoms with Gasteiger partial charge in [-0.05, 0) is 0 Å². The monoisotopic (exact) mass is 115 g/mol. The van der Waals surface area contributed by atoms with Crippen LogP contribution in [0.5, 0.6) is 0 Å². The van der Waals surface area contributed by atoms with Crippen LogP contribution < -0.4 is 5.32 Å². The zero-order chi connectivity index (χ0) is 5.28. The van der Waals surface area contributed by atoms with E-state index in [4.69, 9.17) is 0 Å². The molecule has 0 unspecified atom stereocenters. The highest BCUT2D eigenvalue weighted by atomic mass is 32.1. The average Bonchev–Trinajstić information content (AvgIpc) is 1.91. The van der Waals surface area contributed by atoms with Crippen molar-refractivity contribution < 1.29 is 4.79 Å². The van der Waals surface area contributed by atoms with Crippen molar-refractivity contribution in [2.24, 2.45) is 0 Å². The van der Waals surface area contributed by atoms with Crippen LogP contribution in [0.1, 0.15) is 6.42 Å². The normalized spacial score (nSPS) is 20.0. The van der Waals surface area contributed by atoms with Crippen molar-refractivity contribution in [1.29, 1.82) is 0 Å². The van der Waals surface area contributed by atoms with Crippen LogP contribution in [-0.2, 0) is 4.79 Å². The molecule has 1 N–H and O–H groups in total. The van der Waals surface area contributed by atoms with Gasteiger partial charge in [0.1, 0.15) is 0 Å². The Labute approximate surface area is 46.9 Å². The Balaban J connectivity index is 2.65. The maximum atomic E-state index is 10.3. The van der Waals surface area contributed by atoms with Gasteiger partial charge in [-0.15, -0.1) is 0 Å². The molecule has 0 bridgehead atoms. The van der Waals surface area contributed by atoms with E-state index in [1.54, 1.807) is 0 Å². The molecule has 3 heteroatoms.